The van der Waals surface area contributed by atoms with Gasteiger partial charge in [-0.15, -0.1) is 0 Å². The van der Waals surface area contributed by atoms with Gasteiger partial charge in [-0.05, 0) is 41.6 Å². The van der Waals surface area contributed by atoms with Gasteiger partial charge in [0.15, 0.2) is 0 Å². The smallest absolute Gasteiger partial charge is 0.327 e. The van der Waals surface area contributed by atoms with E-state index in [1.165, 1.54) is 3.57 Å². The van der Waals surface area contributed by atoms with Crippen LogP contribution in [0.1, 0.15) is 5.56 Å². The Bertz CT molecular complexity index is 237. The lowest BCUT2D eigenvalue weighted by Gasteiger charge is -1.99. The maximum absolute atomic E-state index is 8.68. The van der Waals surface area contributed by atoms with Gasteiger partial charge in [0.25, 0.3) is 0 Å². The molecular formula is C7H7BIO. The molecule has 0 saturated heterocycles. The van der Waals surface area contributed by atoms with Crippen LogP contribution in [0.2, 0.25) is 0 Å². The number of halogens is 1. The van der Waals surface area contributed by atoms with Gasteiger partial charge < -0.3 is 5.02 Å². The Hall–Kier alpha value is -0.0251. The summed E-state index contributed by atoms with van der Waals surface area (Å²) in [6.07, 6.45) is 0. The molecular weight excluding hydrogens is 238 g/mol. The first-order valence-electron chi connectivity index (χ1n) is 2.97. The monoisotopic (exact) mass is 245 g/mol. The molecule has 0 spiro atoms. The lowest BCUT2D eigenvalue weighted by atomic mass is 9.85. The van der Waals surface area contributed by atoms with Crippen LogP contribution in [0.5, 0.6) is 0 Å². The number of aryl methyl sites for hydroxylation is 1. The molecule has 1 aromatic carbocycles. The van der Waals surface area contributed by atoms with Crippen molar-refractivity contribution < 1.29 is 5.02 Å². The summed E-state index contributed by atoms with van der Waals surface area (Å²) in [5.41, 5.74) is 2.00. The minimum atomic E-state index is 0.889. The molecule has 10 heavy (non-hydrogen) atoms. The molecule has 0 aliphatic carbocycles. The van der Waals surface area contributed by atoms with Crippen molar-refractivity contribution in [3.63, 3.8) is 0 Å². The second-order valence-electron chi connectivity index (χ2n) is 2.13. The molecule has 0 unspecified atom stereocenters. The Morgan fingerprint density at radius 1 is 1.50 bits per heavy atom. The third kappa shape index (κ3) is 1.73. The molecule has 0 amide bonds. The van der Waals surface area contributed by atoms with Crippen molar-refractivity contribution in [1.82, 2.24) is 0 Å². The van der Waals surface area contributed by atoms with Gasteiger partial charge in [-0.3, -0.25) is 0 Å². The van der Waals surface area contributed by atoms with Gasteiger partial charge in [0.05, 0.1) is 0 Å². The predicted octanol–water partition coefficient (Wildman–Crippen LogP) is 0.836. The van der Waals surface area contributed by atoms with Crippen molar-refractivity contribution in [3.8, 4) is 0 Å². The van der Waals surface area contributed by atoms with Gasteiger partial charge in [0.2, 0.25) is 0 Å². The summed E-state index contributed by atoms with van der Waals surface area (Å²) < 4.78 is 1.20. The van der Waals surface area contributed by atoms with Crippen molar-refractivity contribution in [1.29, 1.82) is 0 Å². The zero-order chi connectivity index (χ0) is 7.56. The molecule has 1 aromatic rings. The maximum Gasteiger partial charge on any atom is 0.327 e. The highest BCUT2D eigenvalue weighted by Crippen LogP contribution is 2.03. The number of rotatable bonds is 1. The average Bonchev–Trinajstić information content (AvgIpc) is 1.88. The topological polar surface area (TPSA) is 20.2 Å². The molecule has 3 heteroatoms. The Kier molecular flexibility index (Phi) is 2.74. The van der Waals surface area contributed by atoms with E-state index in [1.807, 2.05) is 25.1 Å². The molecule has 1 nitrogen and oxygen atoms in total. The van der Waals surface area contributed by atoms with Gasteiger partial charge in [0.1, 0.15) is 0 Å². The normalized spacial score (nSPS) is 9.50. The summed E-state index contributed by atoms with van der Waals surface area (Å²) in [7, 11) is 1.13. The first kappa shape index (κ1) is 8.08. The molecule has 0 bridgehead atoms. The fourth-order valence-electron chi connectivity index (χ4n) is 0.784. The van der Waals surface area contributed by atoms with Crippen LogP contribution in [0.25, 0.3) is 0 Å². The van der Waals surface area contributed by atoms with Crippen molar-refractivity contribution >= 4 is 35.5 Å². The molecule has 0 saturated carbocycles. The Labute approximate surface area is 74.9 Å². The summed E-state index contributed by atoms with van der Waals surface area (Å²) in [6, 6.07) is 5.90. The summed E-state index contributed by atoms with van der Waals surface area (Å²) in [4.78, 5) is 0. The SMILES string of the molecule is Cc1cc(I)ccc1[B]O. The fraction of sp³-hybridized carbons (Fsp3) is 0.143. The van der Waals surface area contributed by atoms with Crippen LogP contribution in [-0.2, 0) is 0 Å². The Balaban J connectivity index is 3.07. The molecule has 1 rings (SSSR count). The van der Waals surface area contributed by atoms with Crippen LogP contribution in [0.3, 0.4) is 0 Å². The standard InChI is InChI=1S/C7H7BIO/c1-5-4-6(9)2-3-7(5)8-10/h2-4,10H,1H3. The quantitative estimate of drug-likeness (QED) is 0.574. The van der Waals surface area contributed by atoms with E-state index in [9.17, 15) is 0 Å². The first-order chi connectivity index (χ1) is 4.74. The van der Waals surface area contributed by atoms with E-state index in [2.05, 4.69) is 22.6 Å². The second-order valence-corrected chi connectivity index (χ2v) is 3.38. The van der Waals surface area contributed by atoms with Crippen molar-refractivity contribution in [2.45, 2.75) is 6.92 Å². The summed E-state index contributed by atoms with van der Waals surface area (Å²) in [6.45, 7) is 1.98. The first-order valence-corrected chi connectivity index (χ1v) is 4.05. The third-order valence-corrected chi connectivity index (χ3v) is 2.04. The van der Waals surface area contributed by atoms with E-state index in [-0.39, 0.29) is 0 Å². The van der Waals surface area contributed by atoms with E-state index < -0.39 is 0 Å². The minimum Gasteiger partial charge on any atom is -0.450 e. The average molecular weight is 245 g/mol. The molecule has 1 N–H and O–H groups in total. The van der Waals surface area contributed by atoms with Crippen molar-refractivity contribution in [2.24, 2.45) is 0 Å². The second kappa shape index (κ2) is 3.39. The highest BCUT2D eigenvalue weighted by Gasteiger charge is 1.97. The van der Waals surface area contributed by atoms with Crippen LogP contribution >= 0.6 is 22.6 Å². The molecule has 0 aliphatic rings. The summed E-state index contributed by atoms with van der Waals surface area (Å²) in [5.74, 6) is 0. The molecule has 1 radical (unpaired) electrons. The zero-order valence-electron chi connectivity index (χ0n) is 5.63. The van der Waals surface area contributed by atoms with Gasteiger partial charge in [-0.1, -0.05) is 17.1 Å². The van der Waals surface area contributed by atoms with Gasteiger partial charge >= 0.3 is 7.48 Å². The van der Waals surface area contributed by atoms with Crippen LogP contribution in [0.4, 0.5) is 0 Å². The zero-order valence-corrected chi connectivity index (χ0v) is 7.79. The Morgan fingerprint density at radius 2 is 2.20 bits per heavy atom. The lowest BCUT2D eigenvalue weighted by Crippen LogP contribution is -2.16. The highest BCUT2D eigenvalue weighted by molar-refractivity contribution is 14.1. The predicted molar refractivity (Wildman–Crippen MR) is 51.5 cm³/mol. The molecule has 0 aromatic heterocycles. The molecule has 0 heterocycles. The van der Waals surface area contributed by atoms with Crippen LogP contribution < -0.4 is 5.46 Å². The van der Waals surface area contributed by atoms with Crippen LogP contribution in [0.15, 0.2) is 18.2 Å². The van der Waals surface area contributed by atoms with Crippen LogP contribution in [-0.4, -0.2) is 12.5 Å². The summed E-state index contributed by atoms with van der Waals surface area (Å²) >= 11 is 2.24. The highest BCUT2D eigenvalue weighted by atomic mass is 127. The van der Waals surface area contributed by atoms with Crippen molar-refractivity contribution in [3.05, 3.63) is 27.3 Å². The number of hydrogen-bond acceptors (Lipinski definition) is 1. The number of hydrogen-bond donors (Lipinski definition) is 1. The molecule has 0 atom stereocenters. The minimum absolute atomic E-state index is 0.889. The molecule has 0 fully saturated rings. The Morgan fingerprint density at radius 3 is 2.70 bits per heavy atom. The third-order valence-electron chi connectivity index (χ3n) is 1.37. The number of benzene rings is 1. The van der Waals surface area contributed by atoms with E-state index in [0.717, 1.165) is 18.5 Å². The van der Waals surface area contributed by atoms with Crippen molar-refractivity contribution in [2.75, 3.05) is 0 Å². The van der Waals surface area contributed by atoms with E-state index in [4.69, 9.17) is 5.02 Å². The van der Waals surface area contributed by atoms with E-state index >= 15 is 0 Å². The van der Waals surface area contributed by atoms with E-state index in [0.29, 0.717) is 0 Å². The molecule has 0 aliphatic heterocycles. The lowest BCUT2D eigenvalue weighted by molar-refractivity contribution is 0.615. The maximum atomic E-state index is 8.68. The van der Waals surface area contributed by atoms with Gasteiger partial charge in [0, 0.05) is 3.57 Å². The van der Waals surface area contributed by atoms with E-state index in [1.54, 1.807) is 0 Å². The fourth-order valence-corrected chi connectivity index (χ4v) is 1.43. The summed E-state index contributed by atoms with van der Waals surface area (Å²) in [5, 5.41) is 8.68. The van der Waals surface area contributed by atoms with Gasteiger partial charge in [-0.25, -0.2) is 0 Å². The van der Waals surface area contributed by atoms with Crippen LogP contribution in [0, 0.1) is 10.5 Å². The largest absolute Gasteiger partial charge is 0.450 e. The van der Waals surface area contributed by atoms with Gasteiger partial charge in [-0.2, -0.15) is 0 Å². The molecule has 51 valence electrons.